The molecule has 0 radical (unpaired) electrons. The van der Waals surface area contributed by atoms with Crippen LogP contribution >= 0.6 is 34.8 Å². The molecule has 0 aliphatic heterocycles. The third kappa shape index (κ3) is 5.49. The van der Waals surface area contributed by atoms with Gasteiger partial charge in [-0.1, -0.05) is 52.5 Å². The van der Waals surface area contributed by atoms with Crippen molar-refractivity contribution in [2.75, 3.05) is 6.61 Å². The second kappa shape index (κ2) is 8.25. The van der Waals surface area contributed by atoms with E-state index < -0.39 is 22.5 Å². The van der Waals surface area contributed by atoms with Gasteiger partial charge in [-0.25, -0.2) is 8.42 Å². The van der Waals surface area contributed by atoms with E-state index in [-0.39, 0.29) is 25.7 Å². The molecule has 0 bridgehead atoms. The van der Waals surface area contributed by atoms with Gasteiger partial charge >= 0.3 is 0 Å². The average Bonchev–Trinajstić information content (AvgIpc) is 2.55. The molecule has 2 aromatic carbocycles. The van der Waals surface area contributed by atoms with Gasteiger partial charge in [0, 0.05) is 6.07 Å². The van der Waals surface area contributed by atoms with E-state index >= 15 is 0 Å². The van der Waals surface area contributed by atoms with Crippen molar-refractivity contribution in [2.24, 2.45) is 0 Å². The first-order valence-corrected chi connectivity index (χ1v) is 9.45. The van der Waals surface area contributed by atoms with Crippen molar-refractivity contribution in [3.63, 3.8) is 0 Å². The molecule has 2 aromatic rings. The summed E-state index contributed by atoms with van der Waals surface area (Å²) in [6.45, 7) is 1.35. The van der Waals surface area contributed by atoms with E-state index in [2.05, 4.69) is 0 Å². The van der Waals surface area contributed by atoms with Crippen LogP contribution in [-0.4, -0.2) is 20.9 Å². The largest absolute Gasteiger partial charge is 0.482 e. The van der Waals surface area contributed by atoms with Crippen LogP contribution < -0.4 is 15.0 Å². The van der Waals surface area contributed by atoms with Gasteiger partial charge in [-0.05, 0) is 25.1 Å². The number of benzene rings is 2. The maximum absolute atomic E-state index is 12.0. The number of rotatable bonds is 6. The first-order chi connectivity index (χ1) is 11.7. The molecule has 0 fully saturated rings. The molecule has 0 saturated carbocycles. The molecule has 1 amide bonds. The Labute approximate surface area is 160 Å². The van der Waals surface area contributed by atoms with E-state index in [1.165, 1.54) is 24.3 Å². The molecular formula is C15H13Cl3N2O4S. The van der Waals surface area contributed by atoms with Crippen LogP contribution in [0, 0.1) is 6.92 Å². The number of hydrogen-bond acceptors (Lipinski definition) is 4. The molecule has 134 valence electrons. The Bertz CT molecular complexity index is 886. The first-order valence-electron chi connectivity index (χ1n) is 6.84. The van der Waals surface area contributed by atoms with Crippen molar-refractivity contribution < 1.29 is 17.9 Å². The van der Waals surface area contributed by atoms with Crippen molar-refractivity contribution in [3.05, 3.63) is 57.0 Å². The minimum atomic E-state index is -3.88. The predicted molar refractivity (Wildman–Crippen MR) is 96.6 cm³/mol. The van der Waals surface area contributed by atoms with Gasteiger partial charge in [-0.2, -0.15) is 0 Å². The Balaban J connectivity index is 1.92. The first kappa shape index (κ1) is 19.8. The fraction of sp³-hybridized carbons (Fsp3) is 0.133. The minimum absolute atomic E-state index is 0.0202. The molecule has 0 saturated heterocycles. The molecule has 10 heteroatoms. The summed E-state index contributed by atoms with van der Waals surface area (Å²) in [7, 11) is -3.88. The zero-order valence-corrected chi connectivity index (χ0v) is 15.9. The molecule has 2 N–H and O–H groups in total. The van der Waals surface area contributed by atoms with Gasteiger partial charge in [0.2, 0.25) is 0 Å². The lowest BCUT2D eigenvalue weighted by Crippen LogP contribution is -2.43. The van der Waals surface area contributed by atoms with E-state index in [0.29, 0.717) is 0 Å². The molecular weight excluding hydrogens is 411 g/mol. The Hall–Kier alpha value is -1.51. The molecule has 0 heterocycles. The van der Waals surface area contributed by atoms with Crippen molar-refractivity contribution >= 4 is 50.7 Å². The zero-order valence-electron chi connectivity index (χ0n) is 12.8. The fourth-order valence-corrected chi connectivity index (χ4v) is 3.15. The number of hydrazine groups is 1. The van der Waals surface area contributed by atoms with Gasteiger partial charge in [0.25, 0.3) is 15.9 Å². The number of ether oxygens (including phenoxy) is 1. The molecule has 0 aliphatic rings. The molecule has 25 heavy (non-hydrogen) atoms. The summed E-state index contributed by atoms with van der Waals surface area (Å²) in [4.78, 5) is 13.7. The maximum atomic E-state index is 12.0. The highest BCUT2D eigenvalue weighted by Gasteiger charge is 2.15. The molecule has 0 spiro atoms. The molecule has 0 aromatic heterocycles. The van der Waals surface area contributed by atoms with Gasteiger partial charge in [-0.15, -0.1) is 4.83 Å². The molecule has 0 unspecified atom stereocenters. The lowest BCUT2D eigenvalue weighted by atomic mass is 10.2. The van der Waals surface area contributed by atoms with E-state index in [1.807, 2.05) is 17.2 Å². The number of sulfonamides is 1. The van der Waals surface area contributed by atoms with Gasteiger partial charge < -0.3 is 4.74 Å². The van der Waals surface area contributed by atoms with Crippen LogP contribution in [0.5, 0.6) is 5.75 Å². The number of amides is 1. The summed E-state index contributed by atoms with van der Waals surface area (Å²) in [5, 5.41) is 0.623. The summed E-state index contributed by atoms with van der Waals surface area (Å²) >= 11 is 17.5. The SMILES string of the molecule is Cc1ccc(S(=O)(=O)NNC(=O)COc2cc(Cl)c(Cl)cc2Cl)cc1. The van der Waals surface area contributed by atoms with E-state index in [1.54, 1.807) is 12.1 Å². The van der Waals surface area contributed by atoms with Gasteiger partial charge in [0.05, 0.1) is 20.0 Å². The summed E-state index contributed by atoms with van der Waals surface area (Å²) in [6.07, 6.45) is 0. The second-order valence-electron chi connectivity index (χ2n) is 4.95. The predicted octanol–water partition coefficient (Wildman–Crippen LogP) is 3.34. The smallest absolute Gasteiger partial charge is 0.272 e. The van der Waals surface area contributed by atoms with Crippen molar-refractivity contribution in [1.82, 2.24) is 10.3 Å². The average molecular weight is 424 g/mol. The van der Waals surface area contributed by atoms with Crippen LogP contribution in [-0.2, 0) is 14.8 Å². The van der Waals surface area contributed by atoms with Gasteiger partial charge in [-0.3, -0.25) is 10.2 Å². The lowest BCUT2D eigenvalue weighted by Gasteiger charge is -2.11. The number of hydrogen-bond donors (Lipinski definition) is 2. The number of nitrogens with one attached hydrogen (secondary N) is 2. The van der Waals surface area contributed by atoms with Crippen LogP contribution in [0.15, 0.2) is 41.3 Å². The molecule has 0 aliphatic carbocycles. The Morgan fingerprint density at radius 2 is 1.64 bits per heavy atom. The Kier molecular flexibility index (Phi) is 6.53. The number of aryl methyl sites for hydroxylation is 1. The van der Waals surface area contributed by atoms with Gasteiger partial charge in [0.15, 0.2) is 6.61 Å². The Morgan fingerprint density at radius 1 is 1.04 bits per heavy atom. The summed E-state index contributed by atoms with van der Waals surface area (Å²) < 4.78 is 29.3. The minimum Gasteiger partial charge on any atom is -0.482 e. The summed E-state index contributed by atoms with van der Waals surface area (Å²) in [5.74, 6) is -0.578. The van der Waals surface area contributed by atoms with Crippen LogP contribution in [0.4, 0.5) is 0 Å². The number of halogens is 3. The molecule has 6 nitrogen and oxygen atoms in total. The second-order valence-corrected chi connectivity index (χ2v) is 7.86. The van der Waals surface area contributed by atoms with Gasteiger partial charge in [0.1, 0.15) is 5.75 Å². The highest BCUT2D eigenvalue weighted by Crippen LogP contribution is 2.33. The summed E-state index contributed by atoms with van der Waals surface area (Å²) in [5.41, 5.74) is 2.96. The number of carbonyl (C=O) groups is 1. The van der Waals surface area contributed by atoms with E-state index in [9.17, 15) is 13.2 Å². The standard InChI is InChI=1S/C15H13Cl3N2O4S/c1-9-2-4-10(5-3-9)25(22,23)20-19-15(21)8-24-14-7-12(17)11(16)6-13(14)18/h2-7,20H,8H2,1H3,(H,19,21). The highest BCUT2D eigenvalue weighted by molar-refractivity contribution is 7.89. The van der Waals surface area contributed by atoms with Crippen LogP contribution in [0.2, 0.25) is 15.1 Å². The topological polar surface area (TPSA) is 84.5 Å². The third-order valence-electron chi connectivity index (χ3n) is 2.99. The maximum Gasteiger partial charge on any atom is 0.272 e. The highest BCUT2D eigenvalue weighted by atomic mass is 35.5. The normalized spacial score (nSPS) is 11.2. The van der Waals surface area contributed by atoms with Crippen LogP contribution in [0.3, 0.4) is 0 Å². The van der Waals surface area contributed by atoms with Crippen molar-refractivity contribution in [3.8, 4) is 5.75 Å². The fourth-order valence-electron chi connectivity index (χ4n) is 1.69. The van der Waals surface area contributed by atoms with E-state index in [4.69, 9.17) is 39.5 Å². The van der Waals surface area contributed by atoms with Crippen molar-refractivity contribution in [1.29, 1.82) is 0 Å². The summed E-state index contributed by atoms with van der Waals surface area (Å²) in [6, 6.07) is 8.87. The third-order valence-corrected chi connectivity index (χ3v) is 5.27. The quantitative estimate of drug-likeness (QED) is 0.551. The number of carbonyl (C=O) groups excluding carboxylic acids is 1. The lowest BCUT2D eigenvalue weighted by molar-refractivity contribution is -0.123. The molecule has 2 rings (SSSR count). The van der Waals surface area contributed by atoms with Crippen molar-refractivity contribution in [2.45, 2.75) is 11.8 Å². The zero-order chi connectivity index (χ0) is 18.6. The van der Waals surface area contributed by atoms with Crippen LogP contribution in [0.25, 0.3) is 0 Å². The van der Waals surface area contributed by atoms with Crippen LogP contribution in [0.1, 0.15) is 5.56 Å². The molecule has 0 atom stereocenters. The monoisotopic (exact) mass is 422 g/mol. The Morgan fingerprint density at radius 3 is 2.28 bits per heavy atom. The van der Waals surface area contributed by atoms with E-state index in [0.717, 1.165) is 5.56 Å².